The van der Waals surface area contributed by atoms with Gasteiger partial charge in [0.05, 0.1) is 0 Å². The number of nitrogens with one attached hydrogen (secondary N) is 1. The SMILES string of the molecule is CCNC1CCC(N(C)CC(C)=CCl)CC1. The molecule has 0 radical (unpaired) electrons. The second-order valence-corrected chi connectivity index (χ2v) is 5.15. The summed E-state index contributed by atoms with van der Waals surface area (Å²) in [5.74, 6) is 0. The summed E-state index contributed by atoms with van der Waals surface area (Å²) in [5, 5.41) is 3.54. The van der Waals surface area contributed by atoms with Gasteiger partial charge >= 0.3 is 0 Å². The maximum atomic E-state index is 5.70. The zero-order valence-electron chi connectivity index (χ0n) is 10.8. The Morgan fingerprint density at radius 3 is 2.50 bits per heavy atom. The Morgan fingerprint density at radius 1 is 1.38 bits per heavy atom. The van der Waals surface area contributed by atoms with Gasteiger partial charge in [0, 0.05) is 24.2 Å². The predicted octanol–water partition coefficient (Wildman–Crippen LogP) is 2.98. The molecule has 0 aromatic rings. The van der Waals surface area contributed by atoms with Crippen molar-refractivity contribution in [3.63, 3.8) is 0 Å². The molecular weight excluding hydrogens is 220 g/mol. The Morgan fingerprint density at radius 2 is 2.00 bits per heavy atom. The normalized spacial score (nSPS) is 27.4. The topological polar surface area (TPSA) is 15.3 Å². The Balaban J connectivity index is 2.30. The molecule has 1 aliphatic rings. The van der Waals surface area contributed by atoms with Crippen LogP contribution in [-0.4, -0.2) is 37.1 Å². The van der Waals surface area contributed by atoms with Crippen LogP contribution in [0.5, 0.6) is 0 Å². The third kappa shape index (κ3) is 4.44. The average Bonchev–Trinajstić information content (AvgIpc) is 2.30. The zero-order valence-corrected chi connectivity index (χ0v) is 11.6. The summed E-state index contributed by atoms with van der Waals surface area (Å²) in [4.78, 5) is 2.44. The Kier molecular flexibility index (Phi) is 6.40. The quantitative estimate of drug-likeness (QED) is 0.800. The van der Waals surface area contributed by atoms with Crippen molar-refractivity contribution in [2.75, 3.05) is 20.1 Å². The lowest BCUT2D eigenvalue weighted by atomic mass is 9.90. The molecule has 1 rings (SSSR count). The van der Waals surface area contributed by atoms with E-state index in [0.717, 1.165) is 25.2 Å². The van der Waals surface area contributed by atoms with Gasteiger partial charge in [-0.3, -0.25) is 4.90 Å². The predicted molar refractivity (Wildman–Crippen MR) is 72.0 cm³/mol. The molecule has 2 nitrogen and oxygen atoms in total. The molecule has 0 saturated heterocycles. The highest BCUT2D eigenvalue weighted by molar-refractivity contribution is 6.25. The molecule has 0 heterocycles. The van der Waals surface area contributed by atoms with Crippen LogP contribution in [0.25, 0.3) is 0 Å². The molecule has 0 spiro atoms. The van der Waals surface area contributed by atoms with Crippen molar-refractivity contribution in [2.24, 2.45) is 0 Å². The van der Waals surface area contributed by atoms with Crippen molar-refractivity contribution in [2.45, 2.75) is 51.6 Å². The van der Waals surface area contributed by atoms with Crippen LogP contribution >= 0.6 is 11.6 Å². The summed E-state index contributed by atoms with van der Waals surface area (Å²) < 4.78 is 0. The molecule has 0 atom stereocenters. The fourth-order valence-electron chi connectivity index (χ4n) is 2.57. The van der Waals surface area contributed by atoms with Gasteiger partial charge in [-0.2, -0.15) is 0 Å². The Bertz CT molecular complexity index is 220. The van der Waals surface area contributed by atoms with Gasteiger partial charge in [0.25, 0.3) is 0 Å². The van der Waals surface area contributed by atoms with Crippen molar-refractivity contribution in [1.82, 2.24) is 10.2 Å². The second kappa shape index (κ2) is 7.31. The van der Waals surface area contributed by atoms with E-state index in [9.17, 15) is 0 Å². The van der Waals surface area contributed by atoms with Gasteiger partial charge in [-0.25, -0.2) is 0 Å². The minimum atomic E-state index is 0.737. The van der Waals surface area contributed by atoms with E-state index in [4.69, 9.17) is 11.6 Å². The molecule has 1 N–H and O–H groups in total. The molecular formula is C13H25ClN2. The van der Waals surface area contributed by atoms with E-state index in [1.807, 2.05) is 0 Å². The van der Waals surface area contributed by atoms with E-state index in [1.54, 1.807) is 5.54 Å². The monoisotopic (exact) mass is 244 g/mol. The van der Waals surface area contributed by atoms with Gasteiger partial charge in [0.2, 0.25) is 0 Å². The van der Waals surface area contributed by atoms with E-state index < -0.39 is 0 Å². The van der Waals surface area contributed by atoms with Gasteiger partial charge in [-0.1, -0.05) is 18.5 Å². The molecule has 3 heteroatoms. The summed E-state index contributed by atoms with van der Waals surface area (Å²) in [5.41, 5.74) is 2.94. The minimum absolute atomic E-state index is 0.737. The van der Waals surface area contributed by atoms with Crippen LogP contribution in [0.4, 0.5) is 0 Å². The van der Waals surface area contributed by atoms with E-state index in [1.165, 1.54) is 31.3 Å². The number of nitrogens with zero attached hydrogens (tertiary/aromatic N) is 1. The van der Waals surface area contributed by atoms with Crippen LogP contribution in [0, 0.1) is 0 Å². The summed E-state index contributed by atoms with van der Waals surface area (Å²) in [7, 11) is 2.21. The minimum Gasteiger partial charge on any atom is -0.314 e. The fourth-order valence-corrected chi connectivity index (χ4v) is 2.64. The van der Waals surface area contributed by atoms with Crippen LogP contribution < -0.4 is 5.32 Å². The molecule has 0 aliphatic heterocycles. The molecule has 1 aliphatic carbocycles. The maximum absolute atomic E-state index is 5.70. The summed E-state index contributed by atoms with van der Waals surface area (Å²) >= 11 is 5.70. The van der Waals surface area contributed by atoms with Crippen molar-refractivity contribution in [1.29, 1.82) is 0 Å². The van der Waals surface area contributed by atoms with E-state index in [2.05, 4.69) is 31.1 Å². The molecule has 0 amide bonds. The first-order chi connectivity index (χ1) is 7.67. The molecule has 16 heavy (non-hydrogen) atoms. The van der Waals surface area contributed by atoms with E-state index >= 15 is 0 Å². The van der Waals surface area contributed by atoms with Crippen LogP contribution in [0.15, 0.2) is 11.1 Å². The third-order valence-electron chi connectivity index (χ3n) is 3.50. The summed E-state index contributed by atoms with van der Waals surface area (Å²) in [6.45, 7) is 6.37. The van der Waals surface area contributed by atoms with Crippen LogP contribution in [0.1, 0.15) is 39.5 Å². The number of hydrogen-bond donors (Lipinski definition) is 1. The molecule has 0 bridgehead atoms. The van der Waals surface area contributed by atoms with Crippen molar-refractivity contribution < 1.29 is 0 Å². The Hall–Kier alpha value is -0.0500. The lowest BCUT2D eigenvalue weighted by Gasteiger charge is -2.35. The molecule has 0 unspecified atom stereocenters. The highest BCUT2D eigenvalue weighted by atomic mass is 35.5. The maximum Gasteiger partial charge on any atom is 0.0201 e. The lowest BCUT2D eigenvalue weighted by molar-refractivity contribution is 0.186. The van der Waals surface area contributed by atoms with Crippen LogP contribution in [0.3, 0.4) is 0 Å². The molecule has 0 aromatic heterocycles. The standard InChI is InChI=1S/C13H25ClN2/c1-4-15-12-5-7-13(8-6-12)16(3)10-11(2)9-14/h9,12-13,15H,4-8,10H2,1-3H3. The van der Waals surface area contributed by atoms with Gasteiger partial charge in [-0.05, 0) is 51.8 Å². The Labute approximate surface area is 105 Å². The van der Waals surface area contributed by atoms with Gasteiger partial charge < -0.3 is 5.32 Å². The van der Waals surface area contributed by atoms with Gasteiger partial charge in [0.15, 0.2) is 0 Å². The van der Waals surface area contributed by atoms with Crippen LogP contribution in [-0.2, 0) is 0 Å². The third-order valence-corrected chi connectivity index (χ3v) is 3.87. The molecule has 1 saturated carbocycles. The van der Waals surface area contributed by atoms with E-state index in [-0.39, 0.29) is 0 Å². The van der Waals surface area contributed by atoms with Gasteiger partial charge in [0.1, 0.15) is 0 Å². The summed E-state index contributed by atoms with van der Waals surface area (Å²) in [6.07, 6.45) is 5.24. The number of halogens is 1. The molecule has 0 aromatic carbocycles. The molecule has 1 fully saturated rings. The first-order valence-corrected chi connectivity index (χ1v) is 6.80. The number of rotatable bonds is 5. The van der Waals surface area contributed by atoms with E-state index in [0.29, 0.717) is 0 Å². The highest BCUT2D eigenvalue weighted by Gasteiger charge is 2.23. The van der Waals surface area contributed by atoms with Crippen molar-refractivity contribution >= 4 is 11.6 Å². The number of likely N-dealkylation sites (N-methyl/N-ethyl adjacent to an activating group) is 1. The largest absolute Gasteiger partial charge is 0.314 e. The van der Waals surface area contributed by atoms with Crippen molar-refractivity contribution in [3.05, 3.63) is 11.1 Å². The summed E-state index contributed by atoms with van der Waals surface area (Å²) in [6, 6.07) is 1.49. The zero-order chi connectivity index (χ0) is 12.0. The van der Waals surface area contributed by atoms with Crippen molar-refractivity contribution in [3.8, 4) is 0 Å². The lowest BCUT2D eigenvalue weighted by Crippen LogP contribution is -2.41. The highest BCUT2D eigenvalue weighted by Crippen LogP contribution is 2.22. The molecule has 94 valence electrons. The first kappa shape index (κ1) is 14.0. The van der Waals surface area contributed by atoms with Crippen LogP contribution in [0.2, 0.25) is 0 Å². The van der Waals surface area contributed by atoms with Gasteiger partial charge in [-0.15, -0.1) is 0 Å². The average molecular weight is 245 g/mol. The first-order valence-electron chi connectivity index (χ1n) is 6.36. The number of hydrogen-bond acceptors (Lipinski definition) is 2. The smallest absolute Gasteiger partial charge is 0.0201 e. The fraction of sp³-hybridized carbons (Fsp3) is 0.846. The second-order valence-electron chi connectivity index (χ2n) is 4.93.